The van der Waals surface area contributed by atoms with Crippen LogP contribution in [0.1, 0.15) is 51.5 Å². The van der Waals surface area contributed by atoms with Gasteiger partial charge in [-0.25, -0.2) is 0 Å². The van der Waals surface area contributed by atoms with E-state index in [2.05, 4.69) is 57.7 Å². The summed E-state index contributed by atoms with van der Waals surface area (Å²) < 4.78 is 4.25. The number of para-hydroxylation sites is 1. The van der Waals surface area contributed by atoms with E-state index in [1.54, 1.807) is 19.8 Å². The minimum absolute atomic E-state index is 0.126. The number of fused-ring (bicyclic) bond motifs is 1. The highest BCUT2D eigenvalue weighted by Gasteiger charge is 2.24. The summed E-state index contributed by atoms with van der Waals surface area (Å²) in [5, 5.41) is 14.1. The zero-order valence-electron chi connectivity index (χ0n) is 19.7. The third-order valence-corrected chi connectivity index (χ3v) is 5.71. The molecule has 4 rings (SSSR count). The van der Waals surface area contributed by atoms with Crippen LogP contribution in [0.4, 0.5) is 0 Å². The topological polar surface area (TPSA) is 57.3 Å². The maximum atomic E-state index is 8.97. The Morgan fingerprint density at radius 2 is 1.94 bits per heavy atom. The molecule has 0 aliphatic heterocycles. The average molecular weight is 425 g/mol. The number of hydrogen-bond acceptors (Lipinski definition) is 3. The molecule has 31 heavy (non-hydrogen) atoms. The number of ether oxygens (including phenoxy) is 1. The summed E-state index contributed by atoms with van der Waals surface area (Å²) >= 11 is 0. The molecular weight excluding hydrogens is 384 g/mol. The second-order valence-corrected chi connectivity index (χ2v) is 7.77. The number of hydrogen-bond donors (Lipinski definition) is 3. The summed E-state index contributed by atoms with van der Waals surface area (Å²) in [7, 11) is 3.25. The van der Waals surface area contributed by atoms with Gasteiger partial charge in [-0.1, -0.05) is 50.3 Å². The summed E-state index contributed by atoms with van der Waals surface area (Å²) in [4.78, 5) is 3.37. The van der Waals surface area contributed by atoms with Crippen LogP contribution >= 0.6 is 0 Å². The summed E-state index contributed by atoms with van der Waals surface area (Å²) in [6.45, 7) is 5.14. The Kier molecular flexibility index (Phi) is 11.4. The lowest BCUT2D eigenvalue weighted by Gasteiger charge is -2.31. The van der Waals surface area contributed by atoms with Gasteiger partial charge in [0.05, 0.1) is 6.61 Å². The fourth-order valence-electron chi connectivity index (χ4n) is 4.41. The molecule has 0 bridgehead atoms. The number of nitrogens with one attached hydrogen (secondary N) is 2. The molecule has 2 aliphatic carbocycles. The van der Waals surface area contributed by atoms with E-state index in [-0.39, 0.29) is 6.61 Å². The van der Waals surface area contributed by atoms with Crippen molar-refractivity contribution >= 4 is 10.9 Å². The number of allylic oxidation sites excluding steroid dienone is 4. The van der Waals surface area contributed by atoms with Crippen molar-refractivity contribution < 1.29 is 9.84 Å². The maximum Gasteiger partial charge on any atom is 0.0615 e. The van der Waals surface area contributed by atoms with E-state index in [9.17, 15) is 0 Å². The number of methoxy groups -OCH3 is 1. The lowest BCUT2D eigenvalue weighted by atomic mass is 9.80. The highest BCUT2D eigenvalue weighted by Crippen LogP contribution is 2.35. The zero-order chi connectivity index (χ0) is 22.5. The largest absolute Gasteiger partial charge is 0.392 e. The first-order chi connectivity index (χ1) is 15.3. The van der Waals surface area contributed by atoms with Crippen molar-refractivity contribution in [3.63, 3.8) is 0 Å². The van der Waals surface area contributed by atoms with E-state index in [0.29, 0.717) is 6.04 Å². The van der Waals surface area contributed by atoms with Crippen molar-refractivity contribution in [2.45, 2.75) is 58.4 Å². The van der Waals surface area contributed by atoms with Gasteiger partial charge < -0.3 is 20.1 Å². The van der Waals surface area contributed by atoms with Gasteiger partial charge in [0, 0.05) is 37.4 Å². The summed E-state index contributed by atoms with van der Waals surface area (Å²) in [6, 6.07) is 9.07. The number of aromatic nitrogens is 1. The van der Waals surface area contributed by atoms with E-state index in [1.807, 2.05) is 19.9 Å². The van der Waals surface area contributed by atoms with Crippen molar-refractivity contribution in [1.82, 2.24) is 10.3 Å². The van der Waals surface area contributed by atoms with Crippen LogP contribution in [0.25, 0.3) is 10.9 Å². The van der Waals surface area contributed by atoms with Crippen LogP contribution in [-0.4, -0.2) is 43.5 Å². The van der Waals surface area contributed by atoms with E-state index in [0.717, 1.165) is 25.8 Å². The molecule has 1 aromatic carbocycles. The smallest absolute Gasteiger partial charge is 0.0615 e. The molecule has 0 saturated heterocycles. The van der Waals surface area contributed by atoms with Crippen LogP contribution < -0.4 is 5.32 Å². The molecule has 4 heteroatoms. The molecule has 0 fully saturated rings. The summed E-state index contributed by atoms with van der Waals surface area (Å²) in [5.41, 5.74) is 7.14. The van der Waals surface area contributed by atoms with Crippen LogP contribution in [0.5, 0.6) is 0 Å². The lowest BCUT2D eigenvalue weighted by molar-refractivity contribution is 0.277. The maximum absolute atomic E-state index is 8.97. The monoisotopic (exact) mass is 424 g/mol. The van der Waals surface area contributed by atoms with Crippen LogP contribution in [-0.2, 0) is 11.2 Å². The molecule has 4 nitrogen and oxygen atoms in total. The molecule has 0 spiro atoms. The third kappa shape index (κ3) is 7.20. The molecule has 1 heterocycles. The number of aromatic amines is 1. The van der Waals surface area contributed by atoms with Gasteiger partial charge >= 0.3 is 0 Å². The summed E-state index contributed by atoms with van der Waals surface area (Å²) in [6.07, 6.45) is 15.5. The van der Waals surface area contributed by atoms with Crippen LogP contribution in [0.15, 0.2) is 65.4 Å². The molecule has 2 aliphatic rings. The molecule has 3 N–H and O–H groups in total. The van der Waals surface area contributed by atoms with Crippen LogP contribution in [0.3, 0.4) is 0 Å². The number of rotatable bonds is 6. The van der Waals surface area contributed by atoms with Crippen molar-refractivity contribution in [1.29, 1.82) is 0 Å². The SMILES string of the molecule is CC.COC.OC/C=C/C1=CC2=C(CC1)C(NCCc1c[nH]c3ccccc13)CCC2. The van der Waals surface area contributed by atoms with Gasteiger partial charge in [-0.05, 0) is 73.4 Å². The molecule has 2 aromatic rings. The summed E-state index contributed by atoms with van der Waals surface area (Å²) in [5.74, 6) is 0. The minimum atomic E-state index is 0.126. The van der Waals surface area contributed by atoms with Crippen molar-refractivity contribution in [3.8, 4) is 0 Å². The van der Waals surface area contributed by atoms with Gasteiger partial charge in [0.15, 0.2) is 0 Å². The highest BCUT2D eigenvalue weighted by molar-refractivity contribution is 5.83. The van der Waals surface area contributed by atoms with Gasteiger partial charge in [-0.3, -0.25) is 0 Å². The molecular formula is C27H40N2O2. The molecule has 0 amide bonds. The van der Waals surface area contributed by atoms with Crippen molar-refractivity contribution in [3.05, 3.63) is 71.0 Å². The first kappa shape index (κ1) is 25.1. The van der Waals surface area contributed by atoms with E-state index in [4.69, 9.17) is 5.11 Å². The predicted octanol–water partition coefficient (Wildman–Crippen LogP) is 5.71. The Labute approximate surface area is 188 Å². The Bertz CT molecular complexity index is 876. The minimum Gasteiger partial charge on any atom is -0.392 e. The normalized spacial score (nSPS) is 18.1. The van der Waals surface area contributed by atoms with E-state index in [1.165, 1.54) is 46.9 Å². The number of aliphatic hydroxyl groups is 1. The van der Waals surface area contributed by atoms with Crippen LogP contribution in [0, 0.1) is 0 Å². The molecule has 0 radical (unpaired) electrons. The standard InChI is InChI=1S/C23H28N2O.C2H6O.C2H6/c26-14-4-5-17-10-11-21-18(15-17)6-3-9-22(21)24-13-12-19-16-25-23-8-2-1-7-20(19)23;1-3-2;1-2/h1-2,4-5,7-8,15-16,22,24-26H,3,6,9-14H2;1-2H3;1-2H3/b5-4+;;. The first-order valence-electron chi connectivity index (χ1n) is 11.6. The molecule has 0 saturated carbocycles. The lowest BCUT2D eigenvalue weighted by Crippen LogP contribution is -2.35. The van der Waals surface area contributed by atoms with Crippen LogP contribution in [0.2, 0.25) is 0 Å². The van der Waals surface area contributed by atoms with E-state index < -0.39 is 0 Å². The molecule has 1 unspecified atom stereocenters. The van der Waals surface area contributed by atoms with Crippen molar-refractivity contribution in [2.24, 2.45) is 0 Å². The molecule has 1 atom stereocenters. The highest BCUT2D eigenvalue weighted by atomic mass is 16.4. The number of aliphatic hydroxyl groups excluding tert-OH is 1. The second-order valence-electron chi connectivity index (χ2n) is 7.77. The Hall–Kier alpha value is -2.14. The number of H-pyrrole nitrogens is 1. The zero-order valence-corrected chi connectivity index (χ0v) is 19.7. The quantitative estimate of drug-likeness (QED) is 0.557. The van der Waals surface area contributed by atoms with Gasteiger partial charge in [-0.2, -0.15) is 0 Å². The fourth-order valence-corrected chi connectivity index (χ4v) is 4.41. The Morgan fingerprint density at radius 3 is 2.71 bits per heavy atom. The van der Waals surface area contributed by atoms with Gasteiger partial charge in [0.25, 0.3) is 0 Å². The van der Waals surface area contributed by atoms with Gasteiger partial charge in [0.2, 0.25) is 0 Å². The van der Waals surface area contributed by atoms with E-state index >= 15 is 0 Å². The first-order valence-corrected chi connectivity index (χ1v) is 11.6. The van der Waals surface area contributed by atoms with Crippen molar-refractivity contribution in [2.75, 3.05) is 27.4 Å². The Balaban J connectivity index is 0.000000630. The van der Waals surface area contributed by atoms with Gasteiger partial charge in [-0.15, -0.1) is 0 Å². The second kappa shape index (κ2) is 14.0. The third-order valence-electron chi connectivity index (χ3n) is 5.71. The molecule has 170 valence electrons. The number of benzene rings is 1. The predicted molar refractivity (Wildman–Crippen MR) is 132 cm³/mol. The Morgan fingerprint density at radius 1 is 1.16 bits per heavy atom. The fraction of sp³-hybridized carbons (Fsp3) is 0.481. The van der Waals surface area contributed by atoms with Gasteiger partial charge in [0.1, 0.15) is 0 Å². The average Bonchev–Trinajstić information content (AvgIpc) is 3.23. The molecule has 1 aromatic heterocycles.